The summed E-state index contributed by atoms with van der Waals surface area (Å²) in [6.45, 7) is 2.52. The van der Waals surface area contributed by atoms with Crippen molar-refractivity contribution >= 4 is 11.0 Å². The Balaban J connectivity index is 1.90. The van der Waals surface area contributed by atoms with Gasteiger partial charge in [0.1, 0.15) is 11.3 Å². The van der Waals surface area contributed by atoms with Gasteiger partial charge in [0.25, 0.3) is 0 Å². The minimum atomic E-state index is -0.620. The molecule has 3 aromatic rings. The lowest BCUT2D eigenvalue weighted by Gasteiger charge is -2.09. The van der Waals surface area contributed by atoms with Gasteiger partial charge in [0.15, 0.2) is 11.5 Å². The Morgan fingerprint density at radius 2 is 1.62 bits per heavy atom. The minimum Gasteiger partial charge on any atom is -0.504 e. The number of phenolic OH excluding ortho intramolecular Hbond substituents is 3. The van der Waals surface area contributed by atoms with Crippen molar-refractivity contribution in [2.45, 2.75) is 0 Å². The number of benzene rings is 2. The molecule has 1 aromatic heterocycles. The van der Waals surface area contributed by atoms with E-state index >= 15 is 0 Å². The normalized spacial score (nSPS) is 12.0. The zero-order valence-electron chi connectivity index (χ0n) is 15.9. The second-order valence-electron chi connectivity index (χ2n) is 6.22. The zero-order chi connectivity index (χ0) is 20.6. The van der Waals surface area contributed by atoms with Crippen LogP contribution in [0.4, 0.5) is 0 Å². The highest BCUT2D eigenvalue weighted by atomic mass is 16.5. The Morgan fingerprint density at radius 3 is 2.34 bits per heavy atom. The van der Waals surface area contributed by atoms with E-state index in [1.54, 1.807) is 6.07 Å². The Hall–Kier alpha value is -3.07. The number of nitrogens with zero attached hydrogens (tertiary/aromatic N) is 1. The second kappa shape index (κ2) is 9.92. The molecule has 1 heterocycles. The van der Waals surface area contributed by atoms with Crippen molar-refractivity contribution in [1.29, 1.82) is 0 Å². The van der Waals surface area contributed by atoms with E-state index in [2.05, 4.69) is 4.99 Å². The molecule has 3 rings (SSSR count). The maximum Gasteiger partial charge on any atom is 0.201 e. The lowest BCUT2D eigenvalue weighted by atomic mass is 10.1. The molecular formula is C21H24N2O6. The third-order valence-corrected chi connectivity index (χ3v) is 4.17. The van der Waals surface area contributed by atoms with E-state index in [9.17, 15) is 15.3 Å². The van der Waals surface area contributed by atoms with Crippen LogP contribution in [0.2, 0.25) is 0 Å². The van der Waals surface area contributed by atoms with Crippen LogP contribution in [0, 0.1) is 0 Å². The molecule has 0 aliphatic heterocycles. The van der Waals surface area contributed by atoms with Crippen molar-refractivity contribution in [3.63, 3.8) is 0 Å². The van der Waals surface area contributed by atoms with Crippen molar-refractivity contribution in [1.82, 2.24) is 0 Å². The summed E-state index contributed by atoms with van der Waals surface area (Å²) in [7, 11) is 0. The molecule has 8 nitrogen and oxygen atoms in total. The molecule has 0 unspecified atom stereocenters. The molecule has 29 heavy (non-hydrogen) atoms. The van der Waals surface area contributed by atoms with E-state index in [1.165, 1.54) is 6.07 Å². The number of ether oxygens (including phenoxy) is 2. The summed E-state index contributed by atoms with van der Waals surface area (Å²) in [6, 6.07) is 12.3. The summed E-state index contributed by atoms with van der Waals surface area (Å²) < 4.78 is 16.5. The topological polar surface area (TPSA) is 131 Å². The molecule has 8 heteroatoms. The first-order valence-corrected chi connectivity index (χ1v) is 9.25. The number of hydrogen-bond donors (Lipinski definition) is 4. The summed E-state index contributed by atoms with van der Waals surface area (Å²) in [5.41, 5.74) is 6.36. The molecule has 5 N–H and O–H groups in total. The third-order valence-electron chi connectivity index (χ3n) is 4.17. The highest BCUT2D eigenvalue weighted by Crippen LogP contribution is 2.40. The van der Waals surface area contributed by atoms with Gasteiger partial charge in [0.2, 0.25) is 5.75 Å². The van der Waals surface area contributed by atoms with Crippen LogP contribution in [0.5, 0.6) is 17.2 Å². The average Bonchev–Trinajstić information content (AvgIpc) is 2.74. The zero-order valence-corrected chi connectivity index (χ0v) is 15.9. The van der Waals surface area contributed by atoms with Gasteiger partial charge in [-0.3, -0.25) is 4.99 Å². The van der Waals surface area contributed by atoms with Crippen LogP contribution in [0.15, 0.2) is 51.9 Å². The number of rotatable bonds is 9. The Kier molecular flexibility index (Phi) is 7.07. The van der Waals surface area contributed by atoms with E-state index in [4.69, 9.17) is 19.6 Å². The number of nitrogens with two attached hydrogens (primary N) is 1. The second-order valence-corrected chi connectivity index (χ2v) is 6.22. The van der Waals surface area contributed by atoms with Gasteiger partial charge in [0.05, 0.1) is 43.7 Å². The van der Waals surface area contributed by atoms with E-state index in [-0.39, 0.29) is 11.0 Å². The first-order chi connectivity index (χ1) is 14.1. The highest BCUT2D eigenvalue weighted by Gasteiger charge is 2.16. The van der Waals surface area contributed by atoms with Gasteiger partial charge in [-0.05, 0) is 0 Å². The summed E-state index contributed by atoms with van der Waals surface area (Å²) in [5.74, 6) is -1.07. The quantitative estimate of drug-likeness (QED) is 0.320. The van der Waals surface area contributed by atoms with Gasteiger partial charge in [0, 0.05) is 24.2 Å². The van der Waals surface area contributed by atoms with Gasteiger partial charge in [-0.25, -0.2) is 0 Å². The molecule has 0 saturated heterocycles. The van der Waals surface area contributed by atoms with E-state index in [1.807, 2.05) is 30.3 Å². The summed E-state index contributed by atoms with van der Waals surface area (Å²) in [4.78, 5) is 4.49. The van der Waals surface area contributed by atoms with Gasteiger partial charge in [-0.2, -0.15) is 0 Å². The van der Waals surface area contributed by atoms with E-state index < -0.39 is 17.2 Å². The van der Waals surface area contributed by atoms with Crippen molar-refractivity contribution in [2.75, 3.05) is 39.5 Å². The molecule has 0 atom stereocenters. The van der Waals surface area contributed by atoms with Crippen LogP contribution >= 0.6 is 0 Å². The molecule has 0 aliphatic carbocycles. The predicted octanol–water partition coefficient (Wildman–Crippen LogP) is 2.11. The summed E-state index contributed by atoms with van der Waals surface area (Å²) in [5, 5.41) is 30.7. The van der Waals surface area contributed by atoms with Crippen LogP contribution in [-0.2, 0) is 9.47 Å². The molecule has 154 valence electrons. The molecule has 0 fully saturated rings. The first-order valence-electron chi connectivity index (χ1n) is 9.25. The fraction of sp³-hybridized carbons (Fsp3) is 0.286. The largest absolute Gasteiger partial charge is 0.504 e. The first kappa shape index (κ1) is 20.7. The van der Waals surface area contributed by atoms with Gasteiger partial charge >= 0.3 is 0 Å². The van der Waals surface area contributed by atoms with Gasteiger partial charge < -0.3 is 34.9 Å². The lowest BCUT2D eigenvalue weighted by Crippen LogP contribution is -2.13. The molecular weight excluding hydrogens is 376 g/mol. The predicted molar refractivity (Wildman–Crippen MR) is 108 cm³/mol. The molecule has 0 saturated carbocycles. The smallest absolute Gasteiger partial charge is 0.201 e. The molecule has 0 bridgehead atoms. The van der Waals surface area contributed by atoms with Crippen LogP contribution in [-0.4, -0.2) is 54.8 Å². The van der Waals surface area contributed by atoms with E-state index in [0.29, 0.717) is 50.6 Å². The third kappa shape index (κ3) is 5.05. The number of hydrogen-bond acceptors (Lipinski definition) is 8. The minimum absolute atomic E-state index is 0.203. The fourth-order valence-corrected chi connectivity index (χ4v) is 2.80. The Labute approximate surface area is 167 Å². The Bertz CT molecular complexity index is 1020. The van der Waals surface area contributed by atoms with Gasteiger partial charge in [-0.15, -0.1) is 0 Å². The van der Waals surface area contributed by atoms with Crippen molar-refractivity contribution < 1.29 is 29.2 Å². The van der Waals surface area contributed by atoms with Crippen LogP contribution < -0.4 is 11.1 Å². The molecule has 0 radical (unpaired) electrons. The monoisotopic (exact) mass is 400 g/mol. The summed E-state index contributed by atoms with van der Waals surface area (Å²) >= 11 is 0. The highest BCUT2D eigenvalue weighted by molar-refractivity contribution is 5.89. The fourth-order valence-electron chi connectivity index (χ4n) is 2.80. The van der Waals surface area contributed by atoms with Crippen LogP contribution in [0.3, 0.4) is 0 Å². The maximum atomic E-state index is 10.3. The molecule has 0 amide bonds. The van der Waals surface area contributed by atoms with Gasteiger partial charge in [-0.1, -0.05) is 30.3 Å². The Morgan fingerprint density at radius 1 is 0.897 bits per heavy atom. The summed E-state index contributed by atoms with van der Waals surface area (Å²) in [6.07, 6.45) is 0. The maximum absolute atomic E-state index is 10.3. The standard InChI is InChI=1S/C21H24N2O6/c22-6-8-27-10-11-28-9-7-23-15-12-17(14-4-2-1-3-5-14)29-18-13-16(24)20(25)21(26)19(15)18/h1-5,12-13,24-26H,6-11,22H2. The average molecular weight is 400 g/mol. The van der Waals surface area contributed by atoms with E-state index in [0.717, 1.165) is 5.56 Å². The molecule has 0 aliphatic rings. The van der Waals surface area contributed by atoms with Crippen LogP contribution in [0.1, 0.15) is 0 Å². The molecule has 2 aromatic carbocycles. The van der Waals surface area contributed by atoms with Crippen molar-refractivity contribution in [2.24, 2.45) is 10.7 Å². The van der Waals surface area contributed by atoms with Crippen molar-refractivity contribution in [3.8, 4) is 28.6 Å². The SMILES string of the molecule is NCCOCCOCCN=c1cc(-c2ccccc2)oc2cc(O)c(O)c(O)c12. The number of fused-ring (bicyclic) bond motifs is 1. The lowest BCUT2D eigenvalue weighted by molar-refractivity contribution is 0.0538. The molecule has 0 spiro atoms. The van der Waals surface area contributed by atoms with Crippen LogP contribution in [0.25, 0.3) is 22.3 Å². The number of aromatic hydroxyl groups is 3. The van der Waals surface area contributed by atoms with Crippen molar-refractivity contribution in [3.05, 3.63) is 47.8 Å². The number of phenols is 3.